The number of piperidine rings is 1. The highest BCUT2D eigenvalue weighted by atomic mass is 16.5. The number of ether oxygens (including phenoxy) is 2. The van der Waals surface area contributed by atoms with Gasteiger partial charge < -0.3 is 20.1 Å². The molecule has 0 amide bonds. The number of esters is 1. The number of carbonyl (C=O) groups is 1. The molecule has 1 heterocycles. The van der Waals surface area contributed by atoms with Gasteiger partial charge in [-0.3, -0.25) is 0 Å². The molecule has 2 aliphatic rings. The van der Waals surface area contributed by atoms with Crippen molar-refractivity contribution in [3.63, 3.8) is 0 Å². The first-order valence-corrected chi connectivity index (χ1v) is 8.46. The third-order valence-electron chi connectivity index (χ3n) is 4.74. The third kappa shape index (κ3) is 4.03. The molecule has 5 heteroatoms. The first-order chi connectivity index (χ1) is 11.2. The third-order valence-corrected chi connectivity index (χ3v) is 4.74. The summed E-state index contributed by atoms with van der Waals surface area (Å²) in [5.41, 5.74) is 2.55. The molecule has 0 aromatic heterocycles. The van der Waals surface area contributed by atoms with Crippen LogP contribution in [0.2, 0.25) is 0 Å². The molecule has 0 bridgehead atoms. The summed E-state index contributed by atoms with van der Waals surface area (Å²) in [4.78, 5) is 11.8. The molecule has 1 aliphatic heterocycles. The number of carbonyl (C=O) groups excluding carboxylic acids is 1. The Morgan fingerprint density at radius 2 is 2.17 bits per heavy atom. The van der Waals surface area contributed by atoms with E-state index in [0.29, 0.717) is 11.7 Å². The average molecular weight is 318 g/mol. The maximum absolute atomic E-state index is 11.8. The Balaban J connectivity index is 1.68. The van der Waals surface area contributed by atoms with E-state index in [0.717, 1.165) is 37.6 Å². The first-order valence-electron chi connectivity index (χ1n) is 8.46. The Bertz CT molecular complexity index is 557. The van der Waals surface area contributed by atoms with Crippen molar-refractivity contribution in [3.05, 3.63) is 29.3 Å². The van der Waals surface area contributed by atoms with Gasteiger partial charge in [0.1, 0.15) is 0 Å². The number of methoxy groups -OCH3 is 1. The highest BCUT2D eigenvalue weighted by molar-refractivity contribution is 5.95. The first kappa shape index (κ1) is 16.3. The Labute approximate surface area is 137 Å². The summed E-state index contributed by atoms with van der Waals surface area (Å²) in [5.74, 6) is 0.488. The fraction of sp³-hybridized carbons (Fsp3) is 0.611. The lowest BCUT2D eigenvalue weighted by molar-refractivity contribution is 0.0159. The van der Waals surface area contributed by atoms with Gasteiger partial charge in [0.05, 0.1) is 18.8 Å². The maximum atomic E-state index is 11.8. The Morgan fingerprint density at radius 3 is 2.87 bits per heavy atom. The molecule has 0 spiro atoms. The minimum Gasteiger partial charge on any atom is -0.465 e. The van der Waals surface area contributed by atoms with Gasteiger partial charge in [-0.25, -0.2) is 4.79 Å². The SMILES string of the molecule is CNc1cc(C2CC(OCC3CC3)CCN2)ccc1C(=O)OC. The predicted molar refractivity (Wildman–Crippen MR) is 89.8 cm³/mol. The zero-order valence-electron chi connectivity index (χ0n) is 13.9. The van der Waals surface area contributed by atoms with E-state index in [2.05, 4.69) is 10.6 Å². The van der Waals surface area contributed by atoms with Gasteiger partial charge in [0.2, 0.25) is 0 Å². The van der Waals surface area contributed by atoms with Gasteiger partial charge >= 0.3 is 5.97 Å². The Hall–Kier alpha value is -1.59. The monoisotopic (exact) mass is 318 g/mol. The van der Waals surface area contributed by atoms with E-state index in [4.69, 9.17) is 9.47 Å². The molecule has 1 aromatic carbocycles. The summed E-state index contributed by atoms with van der Waals surface area (Å²) in [7, 11) is 3.22. The van der Waals surface area contributed by atoms with E-state index in [9.17, 15) is 4.79 Å². The van der Waals surface area contributed by atoms with E-state index < -0.39 is 0 Å². The minimum absolute atomic E-state index is 0.270. The number of rotatable bonds is 6. The van der Waals surface area contributed by atoms with Gasteiger partial charge in [0.15, 0.2) is 0 Å². The molecule has 2 unspecified atom stereocenters. The fourth-order valence-electron chi connectivity index (χ4n) is 3.12. The Kier molecular flexibility index (Phi) is 5.18. The molecule has 1 aromatic rings. The van der Waals surface area contributed by atoms with Gasteiger partial charge in [-0.05, 0) is 55.8 Å². The molecular weight excluding hydrogens is 292 g/mol. The normalized spacial score (nSPS) is 24.3. The summed E-state index contributed by atoms with van der Waals surface area (Å²) in [6.45, 7) is 1.88. The number of benzene rings is 1. The lowest BCUT2D eigenvalue weighted by Crippen LogP contribution is -2.36. The highest BCUT2D eigenvalue weighted by Gasteiger charge is 2.27. The fourth-order valence-corrected chi connectivity index (χ4v) is 3.12. The van der Waals surface area contributed by atoms with Crippen LogP contribution in [0.5, 0.6) is 0 Å². The van der Waals surface area contributed by atoms with E-state index in [-0.39, 0.29) is 12.0 Å². The van der Waals surface area contributed by atoms with Crippen LogP contribution in [0, 0.1) is 5.92 Å². The molecular formula is C18H26N2O3. The van der Waals surface area contributed by atoms with Gasteiger partial charge in [0.25, 0.3) is 0 Å². The molecule has 2 N–H and O–H groups in total. The molecule has 2 fully saturated rings. The summed E-state index contributed by atoms with van der Waals surface area (Å²) < 4.78 is 10.9. The molecule has 2 atom stereocenters. The molecule has 0 radical (unpaired) electrons. The molecule has 3 rings (SSSR count). The number of hydrogen-bond acceptors (Lipinski definition) is 5. The lowest BCUT2D eigenvalue weighted by Gasteiger charge is -2.31. The van der Waals surface area contributed by atoms with Crippen LogP contribution in [-0.2, 0) is 9.47 Å². The van der Waals surface area contributed by atoms with E-state index in [1.807, 2.05) is 25.2 Å². The maximum Gasteiger partial charge on any atom is 0.339 e. The summed E-state index contributed by atoms with van der Waals surface area (Å²) in [5, 5.41) is 6.65. The van der Waals surface area contributed by atoms with Gasteiger partial charge in [-0.2, -0.15) is 0 Å². The zero-order valence-corrected chi connectivity index (χ0v) is 13.9. The number of nitrogens with one attached hydrogen (secondary N) is 2. The van der Waals surface area contributed by atoms with E-state index in [1.165, 1.54) is 25.5 Å². The van der Waals surface area contributed by atoms with Crippen LogP contribution in [-0.4, -0.2) is 39.4 Å². The Morgan fingerprint density at radius 1 is 1.35 bits per heavy atom. The van der Waals surface area contributed by atoms with Gasteiger partial charge in [-0.15, -0.1) is 0 Å². The minimum atomic E-state index is -0.317. The molecule has 1 aliphatic carbocycles. The lowest BCUT2D eigenvalue weighted by atomic mass is 9.94. The largest absolute Gasteiger partial charge is 0.465 e. The van der Waals surface area contributed by atoms with Crippen LogP contribution >= 0.6 is 0 Å². The van der Waals surface area contributed by atoms with Crippen LogP contribution in [0.15, 0.2) is 18.2 Å². The van der Waals surface area contributed by atoms with Gasteiger partial charge in [-0.1, -0.05) is 6.07 Å². The summed E-state index contributed by atoms with van der Waals surface area (Å²) in [6, 6.07) is 6.15. The number of anilines is 1. The van der Waals surface area contributed by atoms with Crippen molar-refractivity contribution < 1.29 is 14.3 Å². The van der Waals surface area contributed by atoms with Crippen molar-refractivity contribution in [2.45, 2.75) is 37.8 Å². The van der Waals surface area contributed by atoms with E-state index >= 15 is 0 Å². The van der Waals surface area contributed by atoms with Crippen LogP contribution in [0.1, 0.15) is 47.6 Å². The molecule has 1 saturated heterocycles. The molecule has 126 valence electrons. The zero-order chi connectivity index (χ0) is 16.2. The van der Waals surface area contributed by atoms with Crippen molar-refractivity contribution in [2.75, 3.05) is 32.6 Å². The highest BCUT2D eigenvalue weighted by Crippen LogP contribution is 2.32. The van der Waals surface area contributed by atoms with Crippen LogP contribution in [0.4, 0.5) is 5.69 Å². The van der Waals surface area contributed by atoms with Crippen LogP contribution < -0.4 is 10.6 Å². The smallest absolute Gasteiger partial charge is 0.339 e. The average Bonchev–Trinajstić information content (AvgIpc) is 3.43. The predicted octanol–water partition coefficient (Wildman–Crippen LogP) is 2.73. The van der Waals surface area contributed by atoms with Crippen LogP contribution in [0.3, 0.4) is 0 Å². The van der Waals surface area contributed by atoms with Gasteiger partial charge in [0, 0.05) is 25.4 Å². The van der Waals surface area contributed by atoms with Crippen molar-refractivity contribution in [1.29, 1.82) is 0 Å². The van der Waals surface area contributed by atoms with E-state index in [1.54, 1.807) is 0 Å². The summed E-state index contributed by atoms with van der Waals surface area (Å²) in [6.07, 6.45) is 5.04. The number of hydrogen-bond donors (Lipinski definition) is 2. The summed E-state index contributed by atoms with van der Waals surface area (Å²) >= 11 is 0. The molecule has 1 saturated carbocycles. The molecule has 23 heavy (non-hydrogen) atoms. The van der Waals surface area contributed by atoms with Crippen molar-refractivity contribution >= 4 is 11.7 Å². The van der Waals surface area contributed by atoms with Crippen molar-refractivity contribution in [1.82, 2.24) is 5.32 Å². The second-order valence-electron chi connectivity index (χ2n) is 6.48. The quantitative estimate of drug-likeness (QED) is 0.790. The standard InChI is InChI=1S/C18H26N2O3/c1-19-17-9-13(5-6-15(17)18(21)22-2)16-10-14(7-8-20-16)23-11-12-3-4-12/h5-6,9,12,14,16,19-20H,3-4,7-8,10-11H2,1-2H3. The second kappa shape index (κ2) is 7.32. The second-order valence-corrected chi connectivity index (χ2v) is 6.48. The molecule has 5 nitrogen and oxygen atoms in total. The van der Waals surface area contributed by atoms with Crippen molar-refractivity contribution in [3.8, 4) is 0 Å². The topological polar surface area (TPSA) is 59.6 Å². The van der Waals surface area contributed by atoms with Crippen molar-refractivity contribution in [2.24, 2.45) is 5.92 Å². The van der Waals surface area contributed by atoms with Crippen LogP contribution in [0.25, 0.3) is 0 Å².